The van der Waals surface area contributed by atoms with E-state index in [4.69, 9.17) is 4.74 Å². The number of morpholine rings is 1. The number of benzene rings is 2. The normalized spacial score (nSPS) is 18.5. The second-order valence-corrected chi connectivity index (χ2v) is 5.94. The minimum atomic E-state index is -0.0423. The number of rotatable bonds is 2. The highest BCUT2D eigenvalue weighted by molar-refractivity contribution is 9.10. The molecule has 3 rings (SSSR count). The first-order valence-electron chi connectivity index (χ1n) is 6.95. The van der Waals surface area contributed by atoms with Crippen LogP contribution >= 0.6 is 15.9 Å². The Morgan fingerprint density at radius 1 is 1.10 bits per heavy atom. The molecular weight excluding hydrogens is 330 g/mol. The number of hydrogen-bond acceptors (Lipinski definition) is 2. The SMILES string of the molecule is O=C(c1ccc(Br)cc1)N1CCOC(c2ccccc2)C1. The lowest BCUT2D eigenvalue weighted by atomic mass is 10.1. The van der Waals surface area contributed by atoms with Crippen molar-refractivity contribution in [2.75, 3.05) is 19.7 Å². The van der Waals surface area contributed by atoms with Crippen molar-refractivity contribution in [1.82, 2.24) is 4.90 Å². The molecule has 2 aromatic carbocycles. The van der Waals surface area contributed by atoms with E-state index in [9.17, 15) is 4.79 Å². The number of halogens is 1. The van der Waals surface area contributed by atoms with Gasteiger partial charge in [0.05, 0.1) is 13.2 Å². The zero-order chi connectivity index (χ0) is 14.7. The van der Waals surface area contributed by atoms with E-state index < -0.39 is 0 Å². The first-order valence-corrected chi connectivity index (χ1v) is 7.75. The van der Waals surface area contributed by atoms with Gasteiger partial charge in [0, 0.05) is 16.6 Å². The predicted molar refractivity (Wildman–Crippen MR) is 85.2 cm³/mol. The molecule has 3 nitrogen and oxygen atoms in total. The summed E-state index contributed by atoms with van der Waals surface area (Å²) in [4.78, 5) is 14.4. The van der Waals surface area contributed by atoms with Crippen LogP contribution in [0.15, 0.2) is 59.1 Å². The third-order valence-corrected chi connectivity index (χ3v) is 4.14. The number of ether oxygens (including phenoxy) is 1. The third kappa shape index (κ3) is 3.34. The smallest absolute Gasteiger partial charge is 0.254 e. The largest absolute Gasteiger partial charge is 0.370 e. The first-order chi connectivity index (χ1) is 10.2. The van der Waals surface area contributed by atoms with Crippen molar-refractivity contribution in [3.8, 4) is 0 Å². The second kappa shape index (κ2) is 6.41. The van der Waals surface area contributed by atoms with Gasteiger partial charge in [0.15, 0.2) is 0 Å². The molecule has 2 aromatic rings. The van der Waals surface area contributed by atoms with Gasteiger partial charge in [-0.2, -0.15) is 0 Å². The fraction of sp³-hybridized carbons (Fsp3) is 0.235. The maximum atomic E-state index is 12.5. The molecule has 0 spiro atoms. The fourth-order valence-electron chi connectivity index (χ4n) is 2.48. The second-order valence-electron chi connectivity index (χ2n) is 5.03. The molecule has 108 valence electrons. The number of carbonyl (C=O) groups excluding carboxylic acids is 1. The fourth-order valence-corrected chi connectivity index (χ4v) is 2.74. The molecule has 1 fully saturated rings. The molecule has 0 aliphatic carbocycles. The molecule has 0 bridgehead atoms. The minimum Gasteiger partial charge on any atom is -0.370 e. The molecule has 0 N–H and O–H groups in total. The molecule has 1 aliphatic heterocycles. The van der Waals surface area contributed by atoms with E-state index in [1.165, 1.54) is 0 Å². The van der Waals surface area contributed by atoms with Crippen molar-refractivity contribution in [3.05, 3.63) is 70.2 Å². The van der Waals surface area contributed by atoms with Crippen molar-refractivity contribution in [1.29, 1.82) is 0 Å². The standard InChI is InChI=1S/C17H16BrNO2/c18-15-8-6-14(7-9-15)17(20)19-10-11-21-16(12-19)13-4-2-1-3-5-13/h1-9,16H,10-12H2. The van der Waals surface area contributed by atoms with Crippen LogP contribution in [0.1, 0.15) is 22.0 Å². The summed E-state index contributed by atoms with van der Waals surface area (Å²) in [6.07, 6.45) is -0.0423. The van der Waals surface area contributed by atoms with Gasteiger partial charge in [-0.1, -0.05) is 46.3 Å². The van der Waals surface area contributed by atoms with Crippen LogP contribution in [-0.4, -0.2) is 30.5 Å². The van der Waals surface area contributed by atoms with Crippen LogP contribution in [0.5, 0.6) is 0 Å². The van der Waals surface area contributed by atoms with Gasteiger partial charge < -0.3 is 9.64 Å². The van der Waals surface area contributed by atoms with Crippen LogP contribution < -0.4 is 0 Å². The lowest BCUT2D eigenvalue weighted by Crippen LogP contribution is -2.42. The molecule has 1 amide bonds. The molecule has 1 unspecified atom stereocenters. The summed E-state index contributed by atoms with van der Waals surface area (Å²) in [6.45, 7) is 1.80. The van der Waals surface area contributed by atoms with Crippen molar-refractivity contribution >= 4 is 21.8 Å². The summed E-state index contributed by atoms with van der Waals surface area (Å²) < 4.78 is 6.77. The van der Waals surface area contributed by atoms with Gasteiger partial charge in [0.2, 0.25) is 0 Å². The molecule has 1 heterocycles. The van der Waals surface area contributed by atoms with Gasteiger partial charge in [-0.05, 0) is 29.8 Å². The summed E-state index contributed by atoms with van der Waals surface area (Å²) in [5.41, 5.74) is 1.83. The topological polar surface area (TPSA) is 29.5 Å². The van der Waals surface area contributed by atoms with E-state index in [-0.39, 0.29) is 12.0 Å². The molecule has 1 saturated heterocycles. The molecule has 0 saturated carbocycles. The highest BCUT2D eigenvalue weighted by Crippen LogP contribution is 2.23. The van der Waals surface area contributed by atoms with Gasteiger partial charge in [-0.15, -0.1) is 0 Å². The average Bonchev–Trinajstić information content (AvgIpc) is 2.56. The summed E-state index contributed by atoms with van der Waals surface area (Å²) in [5.74, 6) is 0.0618. The number of amides is 1. The monoisotopic (exact) mass is 345 g/mol. The van der Waals surface area contributed by atoms with E-state index in [0.29, 0.717) is 25.3 Å². The van der Waals surface area contributed by atoms with Crippen LogP contribution in [0.3, 0.4) is 0 Å². The number of carbonyl (C=O) groups is 1. The van der Waals surface area contributed by atoms with Crippen LogP contribution in [0.4, 0.5) is 0 Å². The Labute approximate surface area is 132 Å². The van der Waals surface area contributed by atoms with Gasteiger partial charge in [-0.25, -0.2) is 0 Å². The van der Waals surface area contributed by atoms with Crippen LogP contribution in [0.2, 0.25) is 0 Å². The first kappa shape index (κ1) is 14.3. The Balaban J connectivity index is 1.74. The molecule has 21 heavy (non-hydrogen) atoms. The van der Waals surface area contributed by atoms with Gasteiger partial charge in [0.1, 0.15) is 6.10 Å². The Bertz CT molecular complexity index is 612. The lowest BCUT2D eigenvalue weighted by molar-refractivity contribution is -0.0228. The maximum absolute atomic E-state index is 12.5. The van der Waals surface area contributed by atoms with Crippen LogP contribution in [-0.2, 0) is 4.74 Å². The van der Waals surface area contributed by atoms with Crippen LogP contribution in [0.25, 0.3) is 0 Å². The van der Waals surface area contributed by atoms with Crippen molar-refractivity contribution in [2.45, 2.75) is 6.10 Å². The van der Waals surface area contributed by atoms with Crippen molar-refractivity contribution in [3.63, 3.8) is 0 Å². The number of nitrogens with zero attached hydrogens (tertiary/aromatic N) is 1. The molecular formula is C17H16BrNO2. The molecule has 1 atom stereocenters. The van der Waals surface area contributed by atoms with Crippen molar-refractivity contribution in [2.24, 2.45) is 0 Å². The highest BCUT2D eigenvalue weighted by Gasteiger charge is 2.25. The average molecular weight is 346 g/mol. The zero-order valence-corrected chi connectivity index (χ0v) is 13.1. The minimum absolute atomic E-state index is 0.0423. The highest BCUT2D eigenvalue weighted by atomic mass is 79.9. The Hall–Kier alpha value is -1.65. The van der Waals surface area contributed by atoms with Crippen molar-refractivity contribution < 1.29 is 9.53 Å². The Kier molecular flexibility index (Phi) is 4.36. The van der Waals surface area contributed by atoms with E-state index in [0.717, 1.165) is 10.0 Å². The number of hydrogen-bond donors (Lipinski definition) is 0. The molecule has 0 radical (unpaired) electrons. The summed E-state index contributed by atoms with van der Waals surface area (Å²) >= 11 is 3.39. The zero-order valence-electron chi connectivity index (χ0n) is 11.5. The molecule has 0 aromatic heterocycles. The van der Waals surface area contributed by atoms with E-state index >= 15 is 0 Å². The summed E-state index contributed by atoms with van der Waals surface area (Å²) in [5, 5.41) is 0. The van der Waals surface area contributed by atoms with Gasteiger partial charge in [-0.3, -0.25) is 4.79 Å². The van der Waals surface area contributed by atoms with Crippen LogP contribution in [0, 0.1) is 0 Å². The molecule has 1 aliphatic rings. The quantitative estimate of drug-likeness (QED) is 0.831. The lowest BCUT2D eigenvalue weighted by Gasteiger charge is -2.33. The predicted octanol–water partition coefficient (Wildman–Crippen LogP) is 3.66. The molecule has 4 heteroatoms. The van der Waals surface area contributed by atoms with Gasteiger partial charge >= 0.3 is 0 Å². The summed E-state index contributed by atoms with van der Waals surface area (Å²) in [6, 6.07) is 17.5. The Morgan fingerprint density at radius 2 is 1.81 bits per heavy atom. The van der Waals surface area contributed by atoms with E-state index in [1.54, 1.807) is 0 Å². The maximum Gasteiger partial charge on any atom is 0.254 e. The summed E-state index contributed by atoms with van der Waals surface area (Å²) in [7, 11) is 0. The third-order valence-electron chi connectivity index (χ3n) is 3.62. The van der Waals surface area contributed by atoms with E-state index in [2.05, 4.69) is 15.9 Å². The Morgan fingerprint density at radius 3 is 2.52 bits per heavy atom. The van der Waals surface area contributed by atoms with Gasteiger partial charge in [0.25, 0.3) is 5.91 Å². The van der Waals surface area contributed by atoms with E-state index in [1.807, 2.05) is 59.5 Å².